The summed E-state index contributed by atoms with van der Waals surface area (Å²) in [5.41, 5.74) is 0.339. The third-order valence-electron chi connectivity index (χ3n) is 3.25. The monoisotopic (exact) mass is 282 g/mol. The number of benzene rings is 1. The van der Waals surface area contributed by atoms with Gasteiger partial charge in [-0.15, -0.1) is 0 Å². The van der Waals surface area contributed by atoms with E-state index in [4.69, 9.17) is 0 Å². The number of nitrogens with zero attached hydrogens (tertiary/aromatic N) is 1. The van der Waals surface area contributed by atoms with Gasteiger partial charge in [0.05, 0.1) is 6.54 Å². The Labute approximate surface area is 115 Å². The van der Waals surface area contributed by atoms with Crippen molar-refractivity contribution in [3.63, 3.8) is 0 Å². The zero-order valence-electron chi connectivity index (χ0n) is 11.2. The van der Waals surface area contributed by atoms with Crippen molar-refractivity contribution in [1.29, 1.82) is 0 Å². The molecular weight excluding hydrogens is 266 g/mol. The van der Waals surface area contributed by atoms with Crippen LogP contribution in [0.1, 0.15) is 25.3 Å². The lowest BCUT2D eigenvalue weighted by Gasteiger charge is -2.35. The van der Waals surface area contributed by atoms with Gasteiger partial charge in [-0.3, -0.25) is 9.59 Å². The maximum Gasteiger partial charge on any atom is 0.243 e. The Morgan fingerprint density at radius 1 is 1.25 bits per heavy atom. The highest BCUT2D eigenvalue weighted by atomic mass is 19.1. The van der Waals surface area contributed by atoms with E-state index < -0.39 is 17.7 Å². The molecule has 0 aromatic heterocycles. The summed E-state index contributed by atoms with van der Waals surface area (Å²) in [4.78, 5) is 25.1. The van der Waals surface area contributed by atoms with Gasteiger partial charge in [0.2, 0.25) is 11.8 Å². The second kappa shape index (κ2) is 5.98. The largest absolute Gasteiger partial charge is 0.345 e. The van der Waals surface area contributed by atoms with Crippen LogP contribution in [0.2, 0.25) is 0 Å². The fourth-order valence-corrected chi connectivity index (χ4v) is 2.36. The van der Waals surface area contributed by atoms with Gasteiger partial charge in [-0.2, -0.15) is 0 Å². The maximum absolute atomic E-state index is 13.2. The molecule has 1 fully saturated rings. The van der Waals surface area contributed by atoms with E-state index in [0.717, 1.165) is 12.5 Å². The molecule has 4 nitrogen and oxygen atoms in total. The minimum Gasteiger partial charge on any atom is -0.345 e. The van der Waals surface area contributed by atoms with Crippen molar-refractivity contribution in [2.45, 2.75) is 32.4 Å². The lowest BCUT2D eigenvalue weighted by molar-refractivity contribution is -0.146. The minimum absolute atomic E-state index is 0.0333. The molecule has 1 saturated heterocycles. The standard InChI is InChI=1S/C14H16F2N2O2/c1-2-3-12-14(20)17-7-13(19)18(12)8-9-4-10(15)6-11(16)5-9/h4-6,12H,2-3,7-8H2,1H3,(H,17,20). The van der Waals surface area contributed by atoms with Crippen LogP contribution in [-0.2, 0) is 16.1 Å². The molecule has 1 atom stereocenters. The lowest BCUT2D eigenvalue weighted by Crippen LogP contribution is -2.57. The summed E-state index contributed by atoms with van der Waals surface area (Å²) in [7, 11) is 0. The molecular formula is C14H16F2N2O2. The minimum atomic E-state index is -0.694. The smallest absolute Gasteiger partial charge is 0.243 e. The topological polar surface area (TPSA) is 49.4 Å². The second-order valence-corrected chi connectivity index (χ2v) is 4.82. The molecule has 0 bridgehead atoms. The average molecular weight is 282 g/mol. The first-order valence-corrected chi connectivity index (χ1v) is 6.53. The number of nitrogens with one attached hydrogen (secondary N) is 1. The Hall–Kier alpha value is -1.98. The fourth-order valence-electron chi connectivity index (χ4n) is 2.36. The maximum atomic E-state index is 13.2. The third kappa shape index (κ3) is 3.12. The van der Waals surface area contributed by atoms with Crippen molar-refractivity contribution in [2.75, 3.05) is 6.54 Å². The quantitative estimate of drug-likeness (QED) is 0.911. The van der Waals surface area contributed by atoms with E-state index in [1.165, 1.54) is 17.0 Å². The molecule has 1 aliphatic rings. The molecule has 1 unspecified atom stereocenters. The zero-order chi connectivity index (χ0) is 14.7. The van der Waals surface area contributed by atoms with Crippen molar-refractivity contribution in [3.05, 3.63) is 35.4 Å². The number of hydrogen-bond acceptors (Lipinski definition) is 2. The van der Waals surface area contributed by atoms with Crippen LogP contribution >= 0.6 is 0 Å². The molecule has 0 aliphatic carbocycles. The number of halogens is 2. The number of piperazine rings is 1. The van der Waals surface area contributed by atoms with Gasteiger partial charge in [-0.1, -0.05) is 13.3 Å². The summed E-state index contributed by atoms with van der Waals surface area (Å²) in [6, 6.07) is 2.54. The molecule has 1 heterocycles. The Kier molecular flexibility index (Phi) is 4.32. The van der Waals surface area contributed by atoms with E-state index in [1.807, 2.05) is 6.92 Å². The molecule has 1 aromatic carbocycles. The van der Waals surface area contributed by atoms with Crippen LogP contribution in [0.4, 0.5) is 8.78 Å². The number of rotatable bonds is 4. The molecule has 108 valence electrons. The first kappa shape index (κ1) is 14.4. The summed E-state index contributed by atoms with van der Waals surface area (Å²) < 4.78 is 26.4. The summed E-state index contributed by atoms with van der Waals surface area (Å²) in [5, 5.41) is 2.53. The zero-order valence-corrected chi connectivity index (χ0v) is 11.2. The Bertz CT molecular complexity index is 514. The van der Waals surface area contributed by atoms with Gasteiger partial charge in [0.25, 0.3) is 0 Å². The Morgan fingerprint density at radius 2 is 1.90 bits per heavy atom. The first-order valence-electron chi connectivity index (χ1n) is 6.53. The SMILES string of the molecule is CCCC1C(=O)NCC(=O)N1Cc1cc(F)cc(F)c1. The molecule has 0 saturated carbocycles. The highest BCUT2D eigenvalue weighted by Crippen LogP contribution is 2.17. The van der Waals surface area contributed by atoms with Crippen LogP contribution in [0.5, 0.6) is 0 Å². The second-order valence-electron chi connectivity index (χ2n) is 4.82. The van der Waals surface area contributed by atoms with Crippen molar-refractivity contribution < 1.29 is 18.4 Å². The summed E-state index contributed by atoms with van der Waals surface area (Å²) in [6.07, 6.45) is 1.26. The van der Waals surface area contributed by atoms with Gasteiger partial charge >= 0.3 is 0 Å². The lowest BCUT2D eigenvalue weighted by atomic mass is 10.1. The van der Waals surface area contributed by atoms with Gasteiger partial charge in [-0.05, 0) is 24.1 Å². The van der Waals surface area contributed by atoms with Gasteiger partial charge in [0.15, 0.2) is 0 Å². The molecule has 0 spiro atoms. The van der Waals surface area contributed by atoms with Crippen molar-refractivity contribution >= 4 is 11.8 Å². The molecule has 20 heavy (non-hydrogen) atoms. The van der Waals surface area contributed by atoms with Crippen LogP contribution in [0.3, 0.4) is 0 Å². The molecule has 1 aliphatic heterocycles. The predicted molar refractivity (Wildman–Crippen MR) is 68.6 cm³/mol. The van der Waals surface area contributed by atoms with E-state index >= 15 is 0 Å². The highest BCUT2D eigenvalue weighted by molar-refractivity contribution is 5.94. The summed E-state index contributed by atoms with van der Waals surface area (Å²) in [6.45, 7) is 1.87. The van der Waals surface area contributed by atoms with E-state index in [-0.39, 0.29) is 24.9 Å². The summed E-state index contributed by atoms with van der Waals surface area (Å²) in [5.74, 6) is -1.85. The molecule has 1 aromatic rings. The van der Waals surface area contributed by atoms with E-state index in [0.29, 0.717) is 12.0 Å². The van der Waals surface area contributed by atoms with Gasteiger partial charge in [0, 0.05) is 12.6 Å². The molecule has 6 heteroatoms. The van der Waals surface area contributed by atoms with Crippen molar-refractivity contribution in [1.82, 2.24) is 10.2 Å². The van der Waals surface area contributed by atoms with E-state index in [1.54, 1.807) is 0 Å². The van der Waals surface area contributed by atoms with E-state index in [2.05, 4.69) is 5.32 Å². The molecule has 1 N–H and O–H groups in total. The van der Waals surface area contributed by atoms with Gasteiger partial charge in [0.1, 0.15) is 17.7 Å². The van der Waals surface area contributed by atoms with Crippen LogP contribution in [0.25, 0.3) is 0 Å². The fraction of sp³-hybridized carbons (Fsp3) is 0.429. The normalized spacial score (nSPS) is 19.1. The number of hydrogen-bond donors (Lipinski definition) is 1. The van der Waals surface area contributed by atoms with Crippen LogP contribution in [-0.4, -0.2) is 29.3 Å². The molecule has 0 radical (unpaired) electrons. The summed E-state index contributed by atoms with van der Waals surface area (Å²) >= 11 is 0. The van der Waals surface area contributed by atoms with Crippen molar-refractivity contribution in [2.24, 2.45) is 0 Å². The Balaban J connectivity index is 2.22. The van der Waals surface area contributed by atoms with Crippen molar-refractivity contribution in [3.8, 4) is 0 Å². The number of carbonyl (C=O) groups is 2. The molecule has 2 amide bonds. The van der Waals surface area contributed by atoms with Crippen LogP contribution < -0.4 is 5.32 Å². The number of amides is 2. The predicted octanol–water partition coefficient (Wildman–Crippen LogP) is 1.59. The van der Waals surface area contributed by atoms with Crippen LogP contribution in [0, 0.1) is 11.6 Å². The van der Waals surface area contributed by atoms with Gasteiger partial charge < -0.3 is 10.2 Å². The highest BCUT2D eigenvalue weighted by Gasteiger charge is 2.33. The van der Waals surface area contributed by atoms with Gasteiger partial charge in [-0.25, -0.2) is 8.78 Å². The number of carbonyl (C=O) groups excluding carboxylic acids is 2. The van der Waals surface area contributed by atoms with E-state index in [9.17, 15) is 18.4 Å². The third-order valence-corrected chi connectivity index (χ3v) is 3.25. The first-order chi connectivity index (χ1) is 9.51. The molecule has 2 rings (SSSR count). The average Bonchev–Trinajstić information content (AvgIpc) is 2.37. The Morgan fingerprint density at radius 3 is 2.50 bits per heavy atom. The van der Waals surface area contributed by atoms with Crippen LogP contribution in [0.15, 0.2) is 18.2 Å².